The summed E-state index contributed by atoms with van der Waals surface area (Å²) in [5.74, 6) is 1.22. The van der Waals surface area contributed by atoms with Crippen LogP contribution in [0.3, 0.4) is 0 Å². The summed E-state index contributed by atoms with van der Waals surface area (Å²) < 4.78 is 6.67. The van der Waals surface area contributed by atoms with E-state index in [0.29, 0.717) is 17.3 Å². The number of fused-ring (bicyclic) bond motifs is 3. The standard InChI is InChI=1S/C21H34O2/c1-7-19(4)11-9-17-20(5)12-8-15(14-22)18(2,3)16(20)10-13-21(17,6)23-19/h7,14,16-17,22H,1,8-13H2,2-6H3/b15-14+/t16-,17+,19-,20-,21+/m1/s1. The van der Waals surface area contributed by atoms with Gasteiger partial charge in [0.25, 0.3) is 0 Å². The molecule has 0 radical (unpaired) electrons. The second-order valence-electron chi connectivity index (χ2n) is 9.50. The maximum atomic E-state index is 9.69. The summed E-state index contributed by atoms with van der Waals surface area (Å²) in [4.78, 5) is 0. The van der Waals surface area contributed by atoms with Gasteiger partial charge in [0.15, 0.2) is 0 Å². The van der Waals surface area contributed by atoms with Crippen molar-refractivity contribution in [3.63, 3.8) is 0 Å². The highest BCUT2D eigenvalue weighted by Crippen LogP contribution is 2.66. The normalized spacial score (nSPS) is 50.9. The van der Waals surface area contributed by atoms with Crippen molar-refractivity contribution in [3.8, 4) is 0 Å². The second-order valence-corrected chi connectivity index (χ2v) is 9.50. The molecule has 1 heterocycles. The molecule has 5 atom stereocenters. The number of ether oxygens (including phenoxy) is 1. The van der Waals surface area contributed by atoms with Crippen LogP contribution >= 0.6 is 0 Å². The van der Waals surface area contributed by atoms with E-state index >= 15 is 0 Å². The molecular formula is C21H34O2. The SMILES string of the molecule is C=C[C@]1(C)CC[C@H]2[C@]3(C)CC/C(=C\O)C(C)(C)[C@H]3CC[C@]2(C)O1. The predicted octanol–water partition coefficient (Wildman–Crippen LogP) is 5.79. The van der Waals surface area contributed by atoms with Gasteiger partial charge in [0.1, 0.15) is 0 Å². The quantitative estimate of drug-likeness (QED) is 0.489. The van der Waals surface area contributed by atoms with Gasteiger partial charge in [0, 0.05) is 0 Å². The Morgan fingerprint density at radius 1 is 1.04 bits per heavy atom. The molecule has 0 amide bonds. The summed E-state index contributed by atoms with van der Waals surface area (Å²) in [5.41, 5.74) is 1.40. The fourth-order valence-corrected chi connectivity index (χ4v) is 6.51. The summed E-state index contributed by atoms with van der Waals surface area (Å²) in [6.45, 7) is 15.7. The van der Waals surface area contributed by atoms with E-state index in [0.717, 1.165) is 19.3 Å². The van der Waals surface area contributed by atoms with Crippen molar-refractivity contribution in [2.24, 2.45) is 22.7 Å². The molecule has 0 bridgehead atoms. The lowest BCUT2D eigenvalue weighted by molar-refractivity contribution is -0.248. The number of rotatable bonds is 1. The summed E-state index contributed by atoms with van der Waals surface area (Å²) >= 11 is 0. The second kappa shape index (κ2) is 5.12. The van der Waals surface area contributed by atoms with Crippen LogP contribution in [-0.2, 0) is 4.74 Å². The Kier molecular flexibility index (Phi) is 3.80. The van der Waals surface area contributed by atoms with E-state index in [1.165, 1.54) is 31.1 Å². The largest absolute Gasteiger partial charge is 0.516 e. The van der Waals surface area contributed by atoms with Crippen molar-refractivity contribution in [1.29, 1.82) is 0 Å². The summed E-state index contributed by atoms with van der Waals surface area (Å²) in [7, 11) is 0. The number of allylic oxidation sites excluding steroid dienone is 1. The Morgan fingerprint density at radius 3 is 2.30 bits per heavy atom. The van der Waals surface area contributed by atoms with Crippen molar-refractivity contribution in [2.45, 2.75) is 84.3 Å². The van der Waals surface area contributed by atoms with Gasteiger partial charge in [-0.1, -0.05) is 26.8 Å². The third-order valence-corrected chi connectivity index (χ3v) is 7.87. The van der Waals surface area contributed by atoms with Crippen LogP contribution in [0.2, 0.25) is 0 Å². The Balaban J connectivity index is 1.97. The molecule has 130 valence electrons. The van der Waals surface area contributed by atoms with Crippen LogP contribution in [0.5, 0.6) is 0 Å². The molecule has 1 N–H and O–H groups in total. The van der Waals surface area contributed by atoms with Gasteiger partial charge in [-0.2, -0.15) is 0 Å². The van der Waals surface area contributed by atoms with Crippen LogP contribution in [0.1, 0.15) is 73.1 Å². The van der Waals surface area contributed by atoms with Gasteiger partial charge in [0.05, 0.1) is 17.5 Å². The highest BCUT2D eigenvalue weighted by atomic mass is 16.5. The number of hydrogen-bond donors (Lipinski definition) is 1. The number of aliphatic hydroxyl groups excluding tert-OH is 1. The molecule has 2 saturated carbocycles. The van der Waals surface area contributed by atoms with Crippen molar-refractivity contribution in [1.82, 2.24) is 0 Å². The minimum Gasteiger partial charge on any atom is -0.516 e. The van der Waals surface area contributed by atoms with Crippen molar-refractivity contribution in [3.05, 3.63) is 24.5 Å². The Labute approximate surface area is 142 Å². The average Bonchev–Trinajstić information content (AvgIpc) is 2.45. The van der Waals surface area contributed by atoms with Crippen LogP contribution in [-0.4, -0.2) is 16.3 Å². The molecule has 3 rings (SSSR count). The monoisotopic (exact) mass is 318 g/mol. The van der Waals surface area contributed by atoms with E-state index in [9.17, 15) is 5.11 Å². The van der Waals surface area contributed by atoms with Crippen LogP contribution < -0.4 is 0 Å². The van der Waals surface area contributed by atoms with Crippen LogP contribution in [0.4, 0.5) is 0 Å². The minimum absolute atomic E-state index is 0.0387. The van der Waals surface area contributed by atoms with Gasteiger partial charge in [-0.25, -0.2) is 0 Å². The summed E-state index contributed by atoms with van der Waals surface area (Å²) in [6, 6.07) is 0. The molecule has 3 aliphatic rings. The zero-order chi connectivity index (χ0) is 17.1. The predicted molar refractivity (Wildman–Crippen MR) is 95.4 cm³/mol. The molecule has 0 spiro atoms. The fraction of sp³-hybridized carbons (Fsp3) is 0.810. The Hall–Kier alpha value is -0.760. The molecule has 1 aliphatic heterocycles. The fourth-order valence-electron chi connectivity index (χ4n) is 6.51. The van der Waals surface area contributed by atoms with Gasteiger partial charge >= 0.3 is 0 Å². The Bertz CT molecular complexity index is 534. The smallest absolute Gasteiger partial charge is 0.0839 e. The van der Waals surface area contributed by atoms with E-state index in [1.54, 1.807) is 0 Å². The molecular weight excluding hydrogens is 284 g/mol. The first-order valence-electron chi connectivity index (χ1n) is 9.29. The Morgan fingerprint density at radius 2 is 1.70 bits per heavy atom. The lowest BCUT2D eigenvalue weighted by Gasteiger charge is -2.65. The van der Waals surface area contributed by atoms with E-state index in [1.807, 2.05) is 6.08 Å². The van der Waals surface area contributed by atoms with Gasteiger partial charge in [-0.15, -0.1) is 6.58 Å². The summed E-state index contributed by atoms with van der Waals surface area (Å²) in [5, 5.41) is 9.69. The number of hydrogen-bond acceptors (Lipinski definition) is 2. The molecule has 0 aromatic carbocycles. The molecule has 0 aromatic heterocycles. The highest BCUT2D eigenvalue weighted by molar-refractivity contribution is 5.22. The van der Waals surface area contributed by atoms with E-state index in [4.69, 9.17) is 4.74 Å². The maximum Gasteiger partial charge on any atom is 0.0839 e. The molecule has 0 unspecified atom stereocenters. The average molecular weight is 319 g/mol. The molecule has 3 fully saturated rings. The van der Waals surface area contributed by atoms with E-state index < -0.39 is 0 Å². The van der Waals surface area contributed by atoms with E-state index in [-0.39, 0.29) is 16.6 Å². The zero-order valence-electron chi connectivity index (χ0n) is 15.6. The van der Waals surface area contributed by atoms with E-state index in [2.05, 4.69) is 41.2 Å². The first-order chi connectivity index (χ1) is 10.6. The van der Waals surface area contributed by atoms with Crippen molar-refractivity contribution in [2.75, 3.05) is 0 Å². The topological polar surface area (TPSA) is 29.5 Å². The van der Waals surface area contributed by atoms with Gasteiger partial charge in [-0.05, 0) is 80.6 Å². The van der Waals surface area contributed by atoms with Crippen LogP contribution in [0, 0.1) is 22.7 Å². The highest BCUT2D eigenvalue weighted by Gasteiger charge is 2.62. The lowest BCUT2D eigenvalue weighted by Crippen LogP contribution is -2.62. The maximum absolute atomic E-state index is 9.69. The van der Waals surface area contributed by atoms with Crippen LogP contribution in [0.15, 0.2) is 24.5 Å². The summed E-state index contributed by atoms with van der Waals surface area (Å²) in [6.07, 6.45) is 10.2. The van der Waals surface area contributed by atoms with Gasteiger partial charge in [0.2, 0.25) is 0 Å². The van der Waals surface area contributed by atoms with Crippen molar-refractivity contribution < 1.29 is 9.84 Å². The molecule has 2 aliphatic carbocycles. The number of aliphatic hydroxyl groups is 1. The van der Waals surface area contributed by atoms with Gasteiger partial charge in [-0.3, -0.25) is 0 Å². The van der Waals surface area contributed by atoms with Crippen LogP contribution in [0.25, 0.3) is 0 Å². The first kappa shape index (κ1) is 17.1. The zero-order valence-corrected chi connectivity index (χ0v) is 15.6. The third kappa shape index (κ3) is 2.32. The molecule has 0 aromatic rings. The third-order valence-electron chi connectivity index (χ3n) is 7.87. The van der Waals surface area contributed by atoms with Crippen molar-refractivity contribution >= 4 is 0 Å². The van der Waals surface area contributed by atoms with Gasteiger partial charge < -0.3 is 9.84 Å². The lowest BCUT2D eigenvalue weighted by atomic mass is 9.43. The molecule has 2 nitrogen and oxygen atoms in total. The molecule has 2 heteroatoms. The molecule has 1 saturated heterocycles. The minimum atomic E-state index is -0.172. The molecule has 23 heavy (non-hydrogen) atoms. The first-order valence-corrected chi connectivity index (χ1v) is 9.29.